The van der Waals surface area contributed by atoms with E-state index in [-0.39, 0.29) is 23.2 Å². The number of benzene rings is 1. The summed E-state index contributed by atoms with van der Waals surface area (Å²) in [5.41, 5.74) is 0.211. The Kier molecular flexibility index (Phi) is 2.90. The first kappa shape index (κ1) is 12.7. The molecule has 21 heavy (non-hydrogen) atoms. The second-order valence-electron chi connectivity index (χ2n) is 5.47. The molecule has 6 nitrogen and oxygen atoms in total. The Balaban J connectivity index is 1.64. The maximum atomic E-state index is 13.8. The van der Waals surface area contributed by atoms with E-state index in [0.29, 0.717) is 5.82 Å². The number of nitrogens with zero attached hydrogens (tertiary/aromatic N) is 4. The van der Waals surface area contributed by atoms with Gasteiger partial charge in [0.05, 0.1) is 11.6 Å². The zero-order valence-corrected chi connectivity index (χ0v) is 11.4. The number of aromatic nitrogens is 2. The largest absolute Gasteiger partial charge is 0.508 e. The number of phenols is 1. The summed E-state index contributed by atoms with van der Waals surface area (Å²) >= 11 is 0. The van der Waals surface area contributed by atoms with Crippen LogP contribution in [0.15, 0.2) is 22.7 Å². The minimum atomic E-state index is -0.570. The summed E-state index contributed by atoms with van der Waals surface area (Å²) in [4.78, 5) is 9.06. The molecule has 5 rings (SSSR count). The van der Waals surface area contributed by atoms with Crippen molar-refractivity contribution < 1.29 is 14.0 Å². The van der Waals surface area contributed by atoms with E-state index in [2.05, 4.69) is 19.9 Å². The number of hydrogen-bond acceptors (Lipinski definition) is 6. The van der Waals surface area contributed by atoms with E-state index in [1.165, 1.54) is 12.1 Å². The lowest BCUT2D eigenvalue weighted by Gasteiger charge is -2.46. The van der Waals surface area contributed by atoms with E-state index in [1.807, 2.05) is 0 Å². The fourth-order valence-corrected chi connectivity index (χ4v) is 3.02. The summed E-state index contributed by atoms with van der Waals surface area (Å²) in [5, 5.41) is 13.3. The molecule has 1 aromatic heterocycles. The van der Waals surface area contributed by atoms with E-state index >= 15 is 0 Å². The normalized spacial score (nSPS) is 28.0. The second-order valence-corrected chi connectivity index (χ2v) is 5.47. The Morgan fingerprint density at radius 2 is 2.05 bits per heavy atom. The molecule has 2 bridgehead atoms. The summed E-state index contributed by atoms with van der Waals surface area (Å²) in [6.45, 7) is 5.04. The van der Waals surface area contributed by atoms with Crippen molar-refractivity contribution >= 4 is 0 Å². The fourth-order valence-electron chi connectivity index (χ4n) is 3.02. The molecule has 1 aromatic carbocycles. The molecular weight excluding hydrogens is 275 g/mol. The summed E-state index contributed by atoms with van der Waals surface area (Å²) in [6.07, 6.45) is 0. The third kappa shape index (κ3) is 2.18. The van der Waals surface area contributed by atoms with Gasteiger partial charge in [-0.2, -0.15) is 4.98 Å². The minimum Gasteiger partial charge on any atom is -0.508 e. The predicted molar refractivity (Wildman–Crippen MR) is 72.1 cm³/mol. The summed E-state index contributed by atoms with van der Waals surface area (Å²) in [6, 6.07) is 4.00. The van der Waals surface area contributed by atoms with Gasteiger partial charge in [-0.3, -0.25) is 9.80 Å². The SMILES string of the molecule is Oc1ccc(-c2nc(C3CN4CCN3CC4)no2)c(F)c1. The molecule has 0 amide bonds. The van der Waals surface area contributed by atoms with Crippen molar-refractivity contribution in [3.63, 3.8) is 0 Å². The summed E-state index contributed by atoms with van der Waals surface area (Å²) in [5.74, 6) is 0.0564. The van der Waals surface area contributed by atoms with Crippen LogP contribution in [0, 0.1) is 5.82 Å². The van der Waals surface area contributed by atoms with Gasteiger partial charge in [0, 0.05) is 38.8 Å². The number of phenolic OH excluding ortho intramolecular Hbond substituents is 1. The van der Waals surface area contributed by atoms with Crippen LogP contribution in [0.1, 0.15) is 11.9 Å². The van der Waals surface area contributed by atoms with Crippen LogP contribution in [-0.4, -0.2) is 57.8 Å². The molecule has 3 aliphatic rings. The number of fused-ring (bicyclic) bond motifs is 3. The Bertz CT molecular complexity index is 667. The molecule has 1 N–H and O–H groups in total. The molecule has 1 atom stereocenters. The highest BCUT2D eigenvalue weighted by Gasteiger charge is 2.35. The second kappa shape index (κ2) is 4.78. The maximum absolute atomic E-state index is 13.8. The molecule has 0 aliphatic carbocycles. The van der Waals surface area contributed by atoms with Gasteiger partial charge in [0.15, 0.2) is 5.82 Å². The van der Waals surface area contributed by atoms with Crippen LogP contribution in [-0.2, 0) is 0 Å². The maximum Gasteiger partial charge on any atom is 0.260 e. The molecule has 7 heteroatoms. The van der Waals surface area contributed by atoms with Crippen LogP contribution < -0.4 is 0 Å². The van der Waals surface area contributed by atoms with Gasteiger partial charge in [0.25, 0.3) is 5.89 Å². The van der Waals surface area contributed by atoms with Crippen molar-refractivity contribution in [2.24, 2.45) is 0 Å². The van der Waals surface area contributed by atoms with Gasteiger partial charge in [-0.15, -0.1) is 0 Å². The highest BCUT2D eigenvalue weighted by Crippen LogP contribution is 2.30. The van der Waals surface area contributed by atoms with Crippen molar-refractivity contribution in [2.75, 3.05) is 32.7 Å². The van der Waals surface area contributed by atoms with Gasteiger partial charge in [0.2, 0.25) is 0 Å². The first-order valence-electron chi connectivity index (χ1n) is 6.99. The highest BCUT2D eigenvalue weighted by molar-refractivity contribution is 5.55. The van der Waals surface area contributed by atoms with Gasteiger partial charge >= 0.3 is 0 Å². The number of aromatic hydroxyl groups is 1. The standard InChI is InChI=1S/C14H15FN4O2/c15-11-7-9(20)1-2-10(11)14-16-13(17-21-14)12-8-18-3-5-19(12)6-4-18/h1-2,7,12,20H,3-6,8H2. The molecule has 0 radical (unpaired) electrons. The van der Waals surface area contributed by atoms with Crippen LogP contribution in [0.5, 0.6) is 5.75 Å². The topological polar surface area (TPSA) is 65.6 Å². The van der Waals surface area contributed by atoms with Gasteiger partial charge in [-0.1, -0.05) is 5.16 Å². The van der Waals surface area contributed by atoms with Crippen molar-refractivity contribution in [2.45, 2.75) is 6.04 Å². The average Bonchev–Trinajstić information content (AvgIpc) is 2.98. The first-order chi connectivity index (χ1) is 10.2. The zero-order valence-electron chi connectivity index (χ0n) is 11.4. The van der Waals surface area contributed by atoms with Gasteiger partial charge < -0.3 is 9.63 Å². The molecule has 3 fully saturated rings. The van der Waals surface area contributed by atoms with Gasteiger partial charge in [-0.05, 0) is 12.1 Å². The predicted octanol–water partition coefficient (Wildman–Crippen LogP) is 1.25. The van der Waals surface area contributed by atoms with E-state index in [1.54, 1.807) is 0 Å². The smallest absolute Gasteiger partial charge is 0.260 e. The van der Waals surface area contributed by atoms with Crippen molar-refractivity contribution in [1.29, 1.82) is 0 Å². The van der Waals surface area contributed by atoms with Crippen molar-refractivity contribution in [1.82, 2.24) is 19.9 Å². The average molecular weight is 290 g/mol. The minimum absolute atomic E-state index is 0.116. The molecular formula is C14H15FN4O2. The van der Waals surface area contributed by atoms with Crippen LogP contribution in [0.25, 0.3) is 11.5 Å². The quantitative estimate of drug-likeness (QED) is 0.898. The lowest BCUT2D eigenvalue weighted by Crippen LogP contribution is -2.57. The summed E-state index contributed by atoms with van der Waals surface area (Å²) in [7, 11) is 0. The van der Waals surface area contributed by atoms with E-state index in [0.717, 1.165) is 38.8 Å². The monoisotopic (exact) mass is 290 g/mol. The Labute approximate surface area is 120 Å². The molecule has 3 aliphatic heterocycles. The van der Waals surface area contributed by atoms with Crippen LogP contribution in [0.2, 0.25) is 0 Å². The van der Waals surface area contributed by atoms with Crippen LogP contribution in [0.4, 0.5) is 4.39 Å². The lowest BCUT2D eigenvalue weighted by molar-refractivity contribution is 0.00781. The Hall–Kier alpha value is -1.99. The Morgan fingerprint density at radius 1 is 1.24 bits per heavy atom. The van der Waals surface area contributed by atoms with Crippen LogP contribution >= 0.6 is 0 Å². The van der Waals surface area contributed by atoms with Crippen molar-refractivity contribution in [3.8, 4) is 17.2 Å². The van der Waals surface area contributed by atoms with E-state index in [9.17, 15) is 9.50 Å². The lowest BCUT2D eigenvalue weighted by atomic mass is 10.1. The van der Waals surface area contributed by atoms with E-state index < -0.39 is 5.82 Å². The summed E-state index contributed by atoms with van der Waals surface area (Å²) < 4.78 is 19.0. The third-order valence-corrected chi connectivity index (χ3v) is 4.20. The van der Waals surface area contributed by atoms with E-state index in [4.69, 9.17) is 4.52 Å². The fraction of sp³-hybridized carbons (Fsp3) is 0.429. The van der Waals surface area contributed by atoms with Crippen LogP contribution in [0.3, 0.4) is 0 Å². The molecule has 3 saturated heterocycles. The molecule has 1 unspecified atom stereocenters. The number of piperazine rings is 3. The molecule has 0 spiro atoms. The number of halogens is 1. The van der Waals surface area contributed by atoms with Gasteiger partial charge in [0.1, 0.15) is 11.6 Å². The molecule has 4 heterocycles. The number of hydrogen-bond donors (Lipinski definition) is 1. The molecule has 0 saturated carbocycles. The Morgan fingerprint density at radius 3 is 2.71 bits per heavy atom. The highest BCUT2D eigenvalue weighted by atomic mass is 19.1. The molecule has 110 valence electrons. The van der Waals surface area contributed by atoms with Crippen molar-refractivity contribution in [3.05, 3.63) is 29.8 Å². The molecule has 2 aromatic rings. The van der Waals surface area contributed by atoms with Gasteiger partial charge in [-0.25, -0.2) is 4.39 Å². The number of rotatable bonds is 2. The third-order valence-electron chi connectivity index (χ3n) is 4.20. The zero-order chi connectivity index (χ0) is 14.4. The first-order valence-corrected chi connectivity index (χ1v) is 6.99.